The zero-order valence-corrected chi connectivity index (χ0v) is 14.6. The topological polar surface area (TPSA) is 63.0 Å². The Morgan fingerprint density at radius 1 is 1.04 bits per heavy atom. The van der Waals surface area contributed by atoms with E-state index in [1.54, 1.807) is 6.33 Å². The van der Waals surface area contributed by atoms with Crippen LogP contribution in [0.4, 0.5) is 5.82 Å². The zero-order valence-electron chi connectivity index (χ0n) is 14.6. The van der Waals surface area contributed by atoms with Gasteiger partial charge in [0.05, 0.1) is 6.54 Å². The summed E-state index contributed by atoms with van der Waals surface area (Å²) in [5.41, 5.74) is 2.38. The van der Waals surface area contributed by atoms with Gasteiger partial charge in [-0.25, -0.2) is 9.97 Å². The van der Waals surface area contributed by atoms with Crippen LogP contribution in [0.1, 0.15) is 36.3 Å². The minimum Gasteiger partial charge on any atom is -0.354 e. The van der Waals surface area contributed by atoms with E-state index in [0.717, 1.165) is 75.3 Å². The normalized spacial score (nSPS) is 18.2. The predicted molar refractivity (Wildman–Crippen MR) is 92.0 cm³/mol. The van der Waals surface area contributed by atoms with Gasteiger partial charge in [-0.15, -0.1) is 10.2 Å². The molecule has 0 unspecified atom stereocenters. The number of rotatable bonds is 4. The molecule has 0 aromatic carbocycles. The van der Waals surface area contributed by atoms with Crippen molar-refractivity contribution in [3.8, 4) is 0 Å². The molecule has 7 heteroatoms. The number of fused-ring (bicyclic) bond motifs is 1. The van der Waals surface area contributed by atoms with Gasteiger partial charge in [0.15, 0.2) is 0 Å². The number of nitrogens with zero attached hydrogens (tertiary/aromatic N) is 7. The maximum absolute atomic E-state index is 4.55. The van der Waals surface area contributed by atoms with E-state index in [9.17, 15) is 0 Å². The molecule has 0 bridgehead atoms. The van der Waals surface area contributed by atoms with E-state index in [1.807, 2.05) is 0 Å². The Morgan fingerprint density at radius 2 is 1.88 bits per heavy atom. The molecule has 4 heterocycles. The highest BCUT2D eigenvalue weighted by molar-refractivity contribution is 5.48. The second-order valence-electron chi connectivity index (χ2n) is 6.67. The molecule has 4 rings (SSSR count). The maximum Gasteiger partial charge on any atom is 0.147 e. The Hall–Kier alpha value is -2.02. The highest BCUT2D eigenvalue weighted by atomic mass is 15.3. The first-order valence-electron chi connectivity index (χ1n) is 8.95. The summed E-state index contributed by atoms with van der Waals surface area (Å²) >= 11 is 0. The van der Waals surface area contributed by atoms with Crippen LogP contribution in [0.3, 0.4) is 0 Å². The van der Waals surface area contributed by atoms with Crippen LogP contribution in [0.15, 0.2) is 6.33 Å². The summed E-state index contributed by atoms with van der Waals surface area (Å²) in [4.78, 5) is 13.8. The van der Waals surface area contributed by atoms with Crippen LogP contribution in [-0.4, -0.2) is 55.8 Å². The average molecular weight is 327 g/mol. The Kier molecular flexibility index (Phi) is 4.18. The first kappa shape index (κ1) is 15.5. The highest BCUT2D eigenvalue weighted by Gasteiger charge is 2.24. The molecule has 0 aliphatic carbocycles. The van der Waals surface area contributed by atoms with Crippen molar-refractivity contribution in [1.29, 1.82) is 0 Å². The average Bonchev–Trinajstić information content (AvgIpc) is 3.20. The van der Waals surface area contributed by atoms with Crippen molar-refractivity contribution in [2.24, 2.45) is 0 Å². The van der Waals surface area contributed by atoms with Crippen LogP contribution in [0.25, 0.3) is 0 Å². The Bertz CT molecular complexity index is 716. The van der Waals surface area contributed by atoms with E-state index in [0.29, 0.717) is 0 Å². The van der Waals surface area contributed by atoms with E-state index in [-0.39, 0.29) is 0 Å². The predicted octanol–water partition coefficient (Wildman–Crippen LogP) is 1.21. The van der Waals surface area contributed by atoms with E-state index in [4.69, 9.17) is 0 Å². The number of hydrogen-bond donors (Lipinski definition) is 0. The molecule has 0 spiro atoms. The summed E-state index contributed by atoms with van der Waals surface area (Å²) in [5, 5.41) is 8.70. The summed E-state index contributed by atoms with van der Waals surface area (Å²) in [7, 11) is 0. The smallest absolute Gasteiger partial charge is 0.147 e. The molecule has 0 atom stereocenters. The minimum absolute atomic E-state index is 0.907. The van der Waals surface area contributed by atoms with Crippen molar-refractivity contribution in [2.45, 2.75) is 46.2 Å². The van der Waals surface area contributed by atoms with Crippen molar-refractivity contribution >= 4 is 5.82 Å². The molecule has 0 amide bonds. The molecule has 2 aliphatic heterocycles. The standard InChI is InChI=1S/C17H25N7/c1-3-14-13(2)18-12-19-17(14)23-9-7-22(8-10-23)11-16-21-20-15-5-4-6-24(15)16/h12H,3-11H2,1-2H3. The lowest BCUT2D eigenvalue weighted by atomic mass is 10.1. The van der Waals surface area contributed by atoms with E-state index >= 15 is 0 Å². The first-order valence-corrected chi connectivity index (χ1v) is 8.95. The third kappa shape index (κ3) is 2.77. The summed E-state index contributed by atoms with van der Waals surface area (Å²) in [6.45, 7) is 10.3. The largest absolute Gasteiger partial charge is 0.354 e. The van der Waals surface area contributed by atoms with Gasteiger partial charge in [0, 0.05) is 50.4 Å². The fourth-order valence-corrected chi connectivity index (χ4v) is 3.82. The van der Waals surface area contributed by atoms with Gasteiger partial charge in [-0.3, -0.25) is 4.90 Å². The fraction of sp³-hybridized carbons (Fsp3) is 0.647. The van der Waals surface area contributed by atoms with Gasteiger partial charge < -0.3 is 9.47 Å². The van der Waals surface area contributed by atoms with Crippen molar-refractivity contribution in [1.82, 2.24) is 29.6 Å². The van der Waals surface area contributed by atoms with Crippen LogP contribution in [0, 0.1) is 6.92 Å². The lowest BCUT2D eigenvalue weighted by Gasteiger charge is -2.36. The van der Waals surface area contributed by atoms with Crippen LogP contribution in [-0.2, 0) is 25.9 Å². The lowest BCUT2D eigenvalue weighted by molar-refractivity contribution is 0.240. The zero-order chi connectivity index (χ0) is 16.5. The molecule has 1 fully saturated rings. The summed E-state index contributed by atoms with van der Waals surface area (Å²) < 4.78 is 2.30. The molecule has 2 aromatic rings. The second-order valence-corrected chi connectivity index (χ2v) is 6.67. The molecule has 7 nitrogen and oxygen atoms in total. The third-order valence-electron chi connectivity index (χ3n) is 5.21. The molecule has 1 saturated heterocycles. The Morgan fingerprint density at radius 3 is 2.67 bits per heavy atom. The summed E-state index contributed by atoms with van der Waals surface area (Å²) in [5.74, 6) is 3.41. The molecule has 2 aromatic heterocycles. The van der Waals surface area contributed by atoms with Crippen molar-refractivity contribution < 1.29 is 0 Å². The van der Waals surface area contributed by atoms with Crippen LogP contribution in [0.2, 0.25) is 0 Å². The Balaban J connectivity index is 1.41. The van der Waals surface area contributed by atoms with E-state index in [1.165, 1.54) is 12.0 Å². The van der Waals surface area contributed by atoms with E-state index < -0.39 is 0 Å². The molecule has 2 aliphatic rings. The molecule has 128 valence electrons. The Labute approximate surface area is 142 Å². The van der Waals surface area contributed by atoms with Gasteiger partial charge in [-0.05, 0) is 19.8 Å². The SMILES string of the molecule is CCc1c(C)ncnc1N1CCN(Cc2nnc3n2CCC3)CC1. The van der Waals surface area contributed by atoms with Gasteiger partial charge in [0.25, 0.3) is 0 Å². The van der Waals surface area contributed by atoms with Gasteiger partial charge >= 0.3 is 0 Å². The van der Waals surface area contributed by atoms with Gasteiger partial charge in [0.1, 0.15) is 23.8 Å². The molecule has 0 N–H and O–H groups in total. The maximum atomic E-state index is 4.55. The molecule has 0 radical (unpaired) electrons. The molecular weight excluding hydrogens is 302 g/mol. The number of aryl methyl sites for hydroxylation is 2. The molecular formula is C17H25N7. The minimum atomic E-state index is 0.907. The summed E-state index contributed by atoms with van der Waals surface area (Å²) in [6, 6.07) is 0. The van der Waals surface area contributed by atoms with Crippen LogP contribution in [0.5, 0.6) is 0 Å². The number of hydrogen-bond acceptors (Lipinski definition) is 6. The fourth-order valence-electron chi connectivity index (χ4n) is 3.82. The number of anilines is 1. The van der Waals surface area contributed by atoms with E-state index in [2.05, 4.69) is 48.4 Å². The monoisotopic (exact) mass is 327 g/mol. The third-order valence-corrected chi connectivity index (χ3v) is 5.21. The van der Waals surface area contributed by atoms with Crippen LogP contribution >= 0.6 is 0 Å². The first-order chi connectivity index (χ1) is 11.8. The molecule has 24 heavy (non-hydrogen) atoms. The van der Waals surface area contributed by atoms with Gasteiger partial charge in [-0.1, -0.05) is 6.92 Å². The quantitative estimate of drug-likeness (QED) is 0.841. The van der Waals surface area contributed by atoms with Gasteiger partial charge in [-0.2, -0.15) is 0 Å². The second kappa shape index (κ2) is 6.47. The lowest BCUT2D eigenvalue weighted by Crippen LogP contribution is -2.47. The highest BCUT2D eigenvalue weighted by Crippen LogP contribution is 2.22. The van der Waals surface area contributed by atoms with Crippen LogP contribution < -0.4 is 4.90 Å². The van der Waals surface area contributed by atoms with Crippen molar-refractivity contribution in [2.75, 3.05) is 31.1 Å². The van der Waals surface area contributed by atoms with Crippen molar-refractivity contribution in [3.05, 3.63) is 29.2 Å². The number of aromatic nitrogens is 5. The van der Waals surface area contributed by atoms with Crippen molar-refractivity contribution in [3.63, 3.8) is 0 Å². The number of piperazine rings is 1. The summed E-state index contributed by atoms with van der Waals surface area (Å²) in [6.07, 6.45) is 4.95. The van der Waals surface area contributed by atoms with Gasteiger partial charge in [0.2, 0.25) is 0 Å². The molecule has 0 saturated carbocycles.